The molecule has 0 bridgehead atoms. The zero-order valence-corrected chi connectivity index (χ0v) is 12.5. The molecule has 0 N–H and O–H groups in total. The molecule has 0 aromatic carbocycles. The summed E-state index contributed by atoms with van der Waals surface area (Å²) >= 11 is 0. The summed E-state index contributed by atoms with van der Waals surface area (Å²) in [5, 5.41) is 8.46. The van der Waals surface area contributed by atoms with Gasteiger partial charge in [0.15, 0.2) is 0 Å². The minimum Gasteiger partial charge on any atom is -0.347 e. The lowest BCUT2D eigenvalue weighted by Gasteiger charge is -2.23. The quantitative estimate of drug-likeness (QED) is 0.219. The zero-order chi connectivity index (χ0) is 14.4. The van der Waals surface area contributed by atoms with E-state index in [1.165, 1.54) is 0 Å². The molecule has 0 rings (SSSR count). The van der Waals surface area contributed by atoms with Gasteiger partial charge in [-0.2, -0.15) is 19.0 Å². The molecule has 0 aliphatic heterocycles. The van der Waals surface area contributed by atoms with Gasteiger partial charge in [0.1, 0.15) is 0 Å². The van der Waals surface area contributed by atoms with Crippen LogP contribution in [0.25, 0.3) is 0 Å². The fourth-order valence-corrected chi connectivity index (χ4v) is 2.26. The van der Waals surface area contributed by atoms with E-state index in [1.54, 1.807) is 20.8 Å². The van der Waals surface area contributed by atoms with Crippen LogP contribution in [0.3, 0.4) is 0 Å². The fraction of sp³-hybridized carbons (Fsp3) is 0.900. The molecule has 0 saturated carbocycles. The number of nitriles is 1. The molecule has 112 valence electrons. The van der Waals surface area contributed by atoms with Crippen molar-refractivity contribution in [3.05, 3.63) is 0 Å². The van der Waals surface area contributed by atoms with Crippen molar-refractivity contribution >= 4 is 9.05 Å². The van der Waals surface area contributed by atoms with E-state index in [-0.39, 0.29) is 26.4 Å². The maximum Gasteiger partial charge on any atom is 0.764 e. The van der Waals surface area contributed by atoms with E-state index in [4.69, 9.17) is 38.1 Å². The van der Waals surface area contributed by atoms with Crippen molar-refractivity contribution in [3.8, 4) is 6.07 Å². The number of hydrogen-bond acceptors (Lipinski definition) is 8. The Morgan fingerprint density at radius 3 is 1.74 bits per heavy atom. The topological polar surface area (TPSA) is 88.4 Å². The lowest BCUT2D eigenvalue weighted by molar-refractivity contribution is -0.385. The summed E-state index contributed by atoms with van der Waals surface area (Å²) < 4.78 is 20.4. The molecule has 9 heteroatoms. The van der Waals surface area contributed by atoms with Crippen LogP contribution < -0.4 is 0 Å². The van der Waals surface area contributed by atoms with Crippen LogP contribution in [0, 0.1) is 11.3 Å². The highest BCUT2D eigenvalue weighted by atomic mass is 28.4. The third kappa shape index (κ3) is 9.03. The van der Waals surface area contributed by atoms with Crippen LogP contribution in [-0.2, 0) is 32.8 Å². The number of nitrogens with zero attached hydrogens (tertiary/aromatic N) is 1. The van der Waals surface area contributed by atoms with Crippen molar-refractivity contribution in [1.29, 1.82) is 5.26 Å². The van der Waals surface area contributed by atoms with Crippen LogP contribution in [0.1, 0.15) is 33.6 Å². The molecule has 0 aromatic rings. The van der Waals surface area contributed by atoms with Crippen LogP contribution in [0.2, 0.25) is 0 Å². The SMILES string of the molecule is CCOO[Si](OCCCC#N)(OOCC)OOCC. The van der Waals surface area contributed by atoms with E-state index < -0.39 is 9.05 Å². The second kappa shape index (κ2) is 12.5. The average Bonchev–Trinajstić information content (AvgIpc) is 2.44. The van der Waals surface area contributed by atoms with E-state index in [0.717, 1.165) is 0 Å². The zero-order valence-electron chi connectivity index (χ0n) is 11.5. The van der Waals surface area contributed by atoms with Gasteiger partial charge in [0, 0.05) is 13.0 Å². The first-order valence-corrected chi connectivity index (χ1v) is 7.80. The molecule has 0 spiro atoms. The number of unbranched alkanes of at least 4 members (excludes halogenated alkanes) is 1. The molecule has 0 radical (unpaired) electrons. The summed E-state index contributed by atoms with van der Waals surface area (Å²) in [6.45, 7) is 6.24. The summed E-state index contributed by atoms with van der Waals surface area (Å²) in [6, 6.07) is 2.00. The van der Waals surface area contributed by atoms with Gasteiger partial charge in [-0.15, -0.1) is 0 Å². The third-order valence-electron chi connectivity index (χ3n) is 1.55. The van der Waals surface area contributed by atoms with Crippen molar-refractivity contribution in [3.63, 3.8) is 0 Å². The molecule has 0 unspecified atom stereocenters. The van der Waals surface area contributed by atoms with E-state index >= 15 is 0 Å². The monoisotopic (exact) mass is 295 g/mol. The Hall–Kier alpha value is -0.573. The van der Waals surface area contributed by atoms with E-state index in [0.29, 0.717) is 12.8 Å². The standard InChI is InChI=1S/C10H21NO7Si/c1-4-12-16-19(17-13-5-2,18-14-6-3)15-10-8-7-9-11/h4-8,10H2,1-3H3. The Balaban J connectivity index is 4.43. The Morgan fingerprint density at radius 1 is 0.895 bits per heavy atom. The van der Waals surface area contributed by atoms with Gasteiger partial charge in [-0.25, -0.2) is 14.7 Å². The molecule has 0 fully saturated rings. The highest BCUT2D eigenvalue weighted by Crippen LogP contribution is 2.14. The average molecular weight is 295 g/mol. The van der Waals surface area contributed by atoms with Gasteiger partial charge in [-0.1, -0.05) is 0 Å². The predicted molar refractivity (Wildman–Crippen MR) is 64.7 cm³/mol. The summed E-state index contributed by atoms with van der Waals surface area (Å²) in [4.78, 5) is 14.4. The molecular weight excluding hydrogens is 274 g/mol. The maximum atomic E-state index is 8.46. The fourth-order valence-electron chi connectivity index (χ4n) is 0.856. The van der Waals surface area contributed by atoms with Crippen molar-refractivity contribution in [2.45, 2.75) is 33.6 Å². The summed E-state index contributed by atoms with van der Waals surface area (Å²) in [7, 11) is -3.68. The van der Waals surface area contributed by atoms with Gasteiger partial charge in [0.2, 0.25) is 0 Å². The minimum atomic E-state index is -3.68. The third-order valence-corrected chi connectivity index (χ3v) is 3.07. The molecule has 0 heterocycles. The Morgan fingerprint density at radius 2 is 1.37 bits per heavy atom. The molecular formula is C10H21NO7Si. The predicted octanol–water partition coefficient (Wildman–Crippen LogP) is 1.65. The van der Waals surface area contributed by atoms with Crippen LogP contribution in [0.15, 0.2) is 0 Å². The minimum absolute atomic E-state index is 0.201. The summed E-state index contributed by atoms with van der Waals surface area (Å²) in [5.74, 6) is 0. The summed E-state index contributed by atoms with van der Waals surface area (Å²) in [5.41, 5.74) is 0. The lowest BCUT2D eigenvalue weighted by atomic mass is 10.4. The smallest absolute Gasteiger partial charge is 0.347 e. The van der Waals surface area contributed by atoms with Gasteiger partial charge in [-0.3, -0.25) is 0 Å². The first-order chi connectivity index (χ1) is 9.24. The number of rotatable bonds is 13. The first kappa shape index (κ1) is 18.4. The second-order valence-corrected chi connectivity index (χ2v) is 4.87. The highest BCUT2D eigenvalue weighted by Gasteiger charge is 2.52. The Kier molecular flexibility index (Phi) is 12.1. The van der Waals surface area contributed by atoms with Gasteiger partial charge in [0.05, 0.1) is 25.9 Å². The van der Waals surface area contributed by atoms with Gasteiger partial charge in [0.25, 0.3) is 0 Å². The van der Waals surface area contributed by atoms with Crippen molar-refractivity contribution in [2.24, 2.45) is 0 Å². The van der Waals surface area contributed by atoms with Crippen molar-refractivity contribution < 1.29 is 32.8 Å². The van der Waals surface area contributed by atoms with Crippen molar-refractivity contribution in [1.82, 2.24) is 0 Å². The van der Waals surface area contributed by atoms with Crippen molar-refractivity contribution in [2.75, 3.05) is 26.4 Å². The van der Waals surface area contributed by atoms with Crippen LogP contribution in [-0.4, -0.2) is 35.5 Å². The van der Waals surface area contributed by atoms with E-state index in [2.05, 4.69) is 0 Å². The lowest BCUT2D eigenvalue weighted by Crippen LogP contribution is -2.49. The molecule has 0 aliphatic carbocycles. The van der Waals surface area contributed by atoms with Crippen LogP contribution in [0.4, 0.5) is 0 Å². The summed E-state index contributed by atoms with van der Waals surface area (Å²) in [6.07, 6.45) is 0.855. The first-order valence-electron chi connectivity index (χ1n) is 6.17. The largest absolute Gasteiger partial charge is 0.764 e. The molecule has 0 saturated heterocycles. The van der Waals surface area contributed by atoms with Crippen LogP contribution in [0.5, 0.6) is 0 Å². The Labute approximate surface area is 114 Å². The highest BCUT2D eigenvalue weighted by molar-refractivity contribution is 6.52. The Bertz CT molecular complexity index is 227. The molecule has 8 nitrogen and oxygen atoms in total. The van der Waals surface area contributed by atoms with Gasteiger partial charge < -0.3 is 4.43 Å². The normalized spacial score (nSPS) is 11.5. The van der Waals surface area contributed by atoms with Gasteiger partial charge in [-0.05, 0) is 27.2 Å². The molecule has 0 atom stereocenters. The van der Waals surface area contributed by atoms with E-state index in [9.17, 15) is 0 Å². The van der Waals surface area contributed by atoms with E-state index in [1.807, 2.05) is 6.07 Å². The molecule has 19 heavy (non-hydrogen) atoms. The van der Waals surface area contributed by atoms with Crippen LogP contribution >= 0.6 is 0 Å². The molecule has 0 aromatic heterocycles. The number of hydrogen-bond donors (Lipinski definition) is 0. The maximum absolute atomic E-state index is 8.46. The molecule has 0 aliphatic rings. The molecule has 0 amide bonds. The second-order valence-electron chi connectivity index (χ2n) is 3.08. The van der Waals surface area contributed by atoms with Gasteiger partial charge >= 0.3 is 9.05 Å².